The second-order valence-corrected chi connectivity index (χ2v) is 9.32. The Kier molecular flexibility index (Phi) is 5.89. The van der Waals surface area contributed by atoms with Gasteiger partial charge in [-0.3, -0.25) is 4.79 Å². The molecular formula is C25H21ClFN3O3S. The van der Waals surface area contributed by atoms with Crippen LogP contribution >= 0.6 is 23.1 Å². The summed E-state index contributed by atoms with van der Waals surface area (Å²) < 4.78 is 20.3. The zero-order chi connectivity index (χ0) is 24.0. The van der Waals surface area contributed by atoms with E-state index in [0.29, 0.717) is 30.6 Å². The summed E-state index contributed by atoms with van der Waals surface area (Å²) in [6, 6.07) is 11.8. The second-order valence-electron chi connectivity index (χ2n) is 8.16. The smallest absolute Gasteiger partial charge is 0.246 e. The van der Waals surface area contributed by atoms with Crippen molar-refractivity contribution < 1.29 is 19.4 Å². The van der Waals surface area contributed by atoms with Gasteiger partial charge in [0, 0.05) is 30.6 Å². The van der Waals surface area contributed by atoms with Crippen molar-refractivity contribution in [3.8, 4) is 16.9 Å². The van der Waals surface area contributed by atoms with Gasteiger partial charge in [-0.2, -0.15) is 4.37 Å². The van der Waals surface area contributed by atoms with Gasteiger partial charge in [0.15, 0.2) is 5.82 Å². The molecule has 0 radical (unpaired) electrons. The van der Waals surface area contributed by atoms with Crippen LogP contribution in [0.15, 0.2) is 55.1 Å². The Balaban J connectivity index is 1.59. The van der Waals surface area contributed by atoms with Crippen LogP contribution in [-0.2, 0) is 4.79 Å². The highest BCUT2D eigenvalue weighted by Crippen LogP contribution is 2.44. The number of aromatic nitrogens is 1. The zero-order valence-electron chi connectivity index (χ0n) is 18.0. The van der Waals surface area contributed by atoms with Crippen LogP contribution in [0.4, 0.5) is 9.39 Å². The maximum absolute atomic E-state index is 15.9. The number of hydrogen-bond acceptors (Lipinski definition) is 6. The van der Waals surface area contributed by atoms with E-state index < -0.39 is 11.9 Å². The van der Waals surface area contributed by atoms with E-state index in [0.717, 1.165) is 27.3 Å². The van der Waals surface area contributed by atoms with Gasteiger partial charge < -0.3 is 20.0 Å². The van der Waals surface area contributed by atoms with Crippen LogP contribution < -0.4 is 4.90 Å². The van der Waals surface area contributed by atoms with Gasteiger partial charge in [0.2, 0.25) is 5.91 Å². The Morgan fingerprint density at radius 2 is 2.06 bits per heavy atom. The van der Waals surface area contributed by atoms with Gasteiger partial charge >= 0.3 is 0 Å². The normalized spacial score (nSPS) is 16.4. The molecule has 1 amide bonds. The van der Waals surface area contributed by atoms with Crippen LogP contribution in [0.25, 0.3) is 32.8 Å². The minimum Gasteiger partial charge on any atom is -0.508 e. The van der Waals surface area contributed by atoms with Gasteiger partial charge in [-0.05, 0) is 52.1 Å². The molecule has 1 fully saturated rings. The third-order valence-electron chi connectivity index (χ3n) is 6.20. The molecule has 6 nitrogen and oxygen atoms in total. The van der Waals surface area contributed by atoms with E-state index in [2.05, 4.69) is 11.0 Å². The Hall–Kier alpha value is -3.20. The molecule has 9 heteroatoms. The summed E-state index contributed by atoms with van der Waals surface area (Å²) in [5.74, 6) is -0.768. The Labute approximate surface area is 204 Å². The molecule has 1 saturated heterocycles. The lowest BCUT2D eigenvalue weighted by molar-refractivity contribution is -0.129. The number of phenols is 1. The van der Waals surface area contributed by atoms with Gasteiger partial charge in [0.05, 0.1) is 17.7 Å². The number of anilines is 1. The first-order valence-electron chi connectivity index (χ1n) is 10.7. The number of carbonyl (C=O) groups excluding carboxylic acids is 1. The van der Waals surface area contributed by atoms with Gasteiger partial charge in [0.1, 0.15) is 16.3 Å². The maximum atomic E-state index is 15.9. The largest absolute Gasteiger partial charge is 0.508 e. The summed E-state index contributed by atoms with van der Waals surface area (Å²) in [4.78, 5) is 15.7. The number of amides is 1. The van der Waals surface area contributed by atoms with Crippen molar-refractivity contribution in [2.24, 2.45) is 0 Å². The van der Waals surface area contributed by atoms with Crippen LogP contribution in [-0.4, -0.2) is 57.7 Å². The van der Waals surface area contributed by atoms with E-state index in [9.17, 15) is 15.0 Å². The quantitative estimate of drug-likeness (QED) is 0.396. The fourth-order valence-electron chi connectivity index (χ4n) is 4.58. The molecule has 1 atom stereocenters. The molecular weight excluding hydrogens is 477 g/mol. The highest BCUT2D eigenvalue weighted by molar-refractivity contribution is 7.11. The number of aliphatic hydroxyl groups excluding tert-OH is 1. The van der Waals surface area contributed by atoms with Crippen molar-refractivity contribution in [1.29, 1.82) is 0 Å². The molecule has 4 aromatic rings. The topological polar surface area (TPSA) is 76.9 Å². The van der Waals surface area contributed by atoms with Crippen molar-refractivity contribution in [2.75, 3.05) is 31.1 Å². The zero-order valence-corrected chi connectivity index (χ0v) is 19.6. The molecule has 0 saturated carbocycles. The number of phenolic OH excluding ortho intramolecular Hbond substituents is 1. The molecule has 2 N–H and O–H groups in total. The number of rotatable bonds is 4. The highest BCUT2D eigenvalue weighted by atomic mass is 35.5. The first kappa shape index (κ1) is 22.6. The lowest BCUT2D eigenvalue weighted by atomic mass is 9.96. The predicted octanol–water partition coefficient (Wildman–Crippen LogP) is 4.81. The third kappa shape index (κ3) is 3.68. The van der Waals surface area contributed by atoms with Gasteiger partial charge in [-0.15, -0.1) is 0 Å². The van der Waals surface area contributed by atoms with Crippen molar-refractivity contribution >= 4 is 55.7 Å². The van der Waals surface area contributed by atoms with Crippen LogP contribution in [0.5, 0.6) is 5.75 Å². The fourth-order valence-corrected chi connectivity index (χ4v) is 5.76. The van der Waals surface area contributed by atoms with Crippen LogP contribution in [0.3, 0.4) is 0 Å². The summed E-state index contributed by atoms with van der Waals surface area (Å²) in [7, 11) is 0. The summed E-state index contributed by atoms with van der Waals surface area (Å²) in [6.45, 7) is 4.62. The molecule has 2 heterocycles. The number of hydrogen-bond donors (Lipinski definition) is 2. The average molecular weight is 498 g/mol. The number of aromatic hydroxyl groups is 1. The Morgan fingerprint density at radius 1 is 1.26 bits per heavy atom. The number of benzene rings is 3. The molecule has 0 spiro atoms. The summed E-state index contributed by atoms with van der Waals surface area (Å²) in [5, 5.41) is 23.1. The van der Waals surface area contributed by atoms with Crippen molar-refractivity contribution in [3.05, 3.63) is 66.0 Å². The number of nitrogens with zero attached hydrogens (tertiary/aromatic N) is 3. The lowest BCUT2D eigenvalue weighted by Crippen LogP contribution is -2.56. The van der Waals surface area contributed by atoms with Crippen molar-refractivity contribution in [1.82, 2.24) is 9.27 Å². The molecule has 1 aliphatic rings. The van der Waals surface area contributed by atoms with Gasteiger partial charge in [0.25, 0.3) is 0 Å². The van der Waals surface area contributed by atoms with Crippen molar-refractivity contribution in [3.63, 3.8) is 0 Å². The molecule has 1 aromatic heterocycles. The first-order valence-corrected chi connectivity index (χ1v) is 11.9. The summed E-state index contributed by atoms with van der Waals surface area (Å²) >= 11 is 7.79. The highest BCUT2D eigenvalue weighted by Gasteiger charge is 2.31. The average Bonchev–Trinajstić information content (AvgIpc) is 3.27. The fraction of sp³-hybridized carbons (Fsp3) is 0.200. The standard InChI is InChI=1S/C25H21ClFN3O3S/c1-2-21(33)30-8-7-29(12-15(30)13-31)25-19-11-20(26)22(23(27)24(19)28-34-25)18-10-16(32)9-14-5-3-4-6-17(14)18/h2-6,9-11,15,31-32H,1,7-8,12-13H2/t15-/m1/s1. The number of fused-ring (bicyclic) bond motifs is 2. The summed E-state index contributed by atoms with van der Waals surface area (Å²) in [5.41, 5.74) is 0.871. The van der Waals surface area contributed by atoms with E-state index in [1.807, 2.05) is 29.2 Å². The molecule has 0 aliphatic carbocycles. The van der Waals surface area contributed by atoms with Gasteiger partial charge in [-0.25, -0.2) is 4.39 Å². The lowest BCUT2D eigenvalue weighted by Gasteiger charge is -2.40. The van der Waals surface area contributed by atoms with E-state index in [1.165, 1.54) is 12.1 Å². The maximum Gasteiger partial charge on any atom is 0.246 e. The molecule has 0 unspecified atom stereocenters. The number of carbonyl (C=O) groups is 1. The van der Waals surface area contributed by atoms with E-state index >= 15 is 4.39 Å². The van der Waals surface area contributed by atoms with Crippen molar-refractivity contribution in [2.45, 2.75) is 6.04 Å². The molecule has 34 heavy (non-hydrogen) atoms. The molecule has 0 bridgehead atoms. The minimum absolute atomic E-state index is 0.0187. The molecule has 174 valence electrons. The van der Waals surface area contributed by atoms with Crippen LogP contribution in [0, 0.1) is 5.82 Å². The first-order chi connectivity index (χ1) is 16.4. The number of piperazine rings is 1. The molecule has 5 rings (SSSR count). The minimum atomic E-state index is -0.556. The Morgan fingerprint density at radius 3 is 2.82 bits per heavy atom. The van der Waals surface area contributed by atoms with E-state index in [1.54, 1.807) is 17.0 Å². The molecule has 1 aliphatic heterocycles. The SMILES string of the molecule is C=CC(=O)N1CCN(c2snc3c(F)c(-c4cc(O)cc5ccccc45)c(Cl)cc23)C[C@@H]1CO. The summed E-state index contributed by atoms with van der Waals surface area (Å²) in [6.07, 6.45) is 1.24. The van der Waals surface area contributed by atoms with Crippen LogP contribution in [0.1, 0.15) is 0 Å². The van der Waals surface area contributed by atoms with E-state index in [4.69, 9.17) is 11.6 Å². The van der Waals surface area contributed by atoms with Crippen LogP contribution in [0.2, 0.25) is 5.02 Å². The predicted molar refractivity (Wildman–Crippen MR) is 134 cm³/mol. The van der Waals surface area contributed by atoms with Gasteiger partial charge in [-0.1, -0.05) is 42.4 Å². The third-order valence-corrected chi connectivity index (χ3v) is 7.42. The monoisotopic (exact) mass is 497 g/mol. The number of aliphatic hydroxyl groups is 1. The Bertz CT molecular complexity index is 1440. The second kappa shape index (κ2) is 8.87. The number of halogens is 2. The van der Waals surface area contributed by atoms with E-state index in [-0.39, 0.29) is 34.4 Å². The molecule has 3 aromatic carbocycles.